The second-order valence-corrected chi connectivity index (χ2v) is 7.66. The first-order chi connectivity index (χ1) is 15.5. The number of carbonyl (C=O) groups excluding carboxylic acids is 1. The molecule has 4 aromatic rings. The van der Waals surface area contributed by atoms with Gasteiger partial charge in [-0.05, 0) is 50.1 Å². The Bertz CT molecular complexity index is 1280. The van der Waals surface area contributed by atoms with Crippen molar-refractivity contribution in [2.75, 3.05) is 12.4 Å². The monoisotopic (exact) mass is 426 g/mol. The number of rotatable bonds is 6. The average molecular weight is 427 g/mol. The fraction of sp³-hybridized carbons (Fsp3) is 0.192. The van der Waals surface area contributed by atoms with Crippen molar-refractivity contribution in [1.82, 2.24) is 14.5 Å². The lowest BCUT2D eigenvalue weighted by Gasteiger charge is -2.18. The van der Waals surface area contributed by atoms with Crippen LogP contribution < -0.4 is 5.32 Å². The predicted octanol–water partition coefficient (Wildman–Crippen LogP) is 5.42. The lowest BCUT2D eigenvalue weighted by Crippen LogP contribution is -2.09. The van der Waals surface area contributed by atoms with Crippen LogP contribution in [0.15, 0.2) is 73.2 Å². The summed E-state index contributed by atoms with van der Waals surface area (Å²) in [4.78, 5) is 20.8. The molecule has 6 nitrogen and oxygen atoms in total. The number of hydrogen-bond acceptors (Lipinski definition) is 5. The third kappa shape index (κ3) is 3.99. The Morgan fingerprint density at radius 1 is 1.12 bits per heavy atom. The van der Waals surface area contributed by atoms with Crippen LogP contribution in [-0.2, 0) is 9.53 Å². The number of aromatic nitrogens is 3. The van der Waals surface area contributed by atoms with Gasteiger partial charge in [0, 0.05) is 41.3 Å². The number of anilines is 1. The summed E-state index contributed by atoms with van der Waals surface area (Å²) in [5.41, 5.74) is 7.07. The molecule has 0 amide bonds. The summed E-state index contributed by atoms with van der Waals surface area (Å²) in [5, 5.41) is 4.30. The molecule has 1 aromatic carbocycles. The van der Waals surface area contributed by atoms with E-state index >= 15 is 0 Å². The Kier molecular flexibility index (Phi) is 6.03. The van der Waals surface area contributed by atoms with Crippen molar-refractivity contribution in [3.05, 3.63) is 90.0 Å². The van der Waals surface area contributed by atoms with Crippen LogP contribution in [0.25, 0.3) is 22.3 Å². The highest BCUT2D eigenvalue weighted by molar-refractivity contribution is 5.97. The van der Waals surface area contributed by atoms with Crippen molar-refractivity contribution >= 4 is 22.7 Å². The molecule has 0 unspecified atom stereocenters. The molecule has 0 saturated carbocycles. The summed E-state index contributed by atoms with van der Waals surface area (Å²) in [5.74, 6) is -0.416. The molecule has 1 N–H and O–H groups in total. The van der Waals surface area contributed by atoms with Gasteiger partial charge in [0.2, 0.25) is 0 Å². The van der Waals surface area contributed by atoms with Crippen molar-refractivity contribution < 1.29 is 9.53 Å². The van der Waals surface area contributed by atoms with Gasteiger partial charge in [0.25, 0.3) is 0 Å². The lowest BCUT2D eigenvalue weighted by atomic mass is 10.1. The highest BCUT2D eigenvalue weighted by Gasteiger charge is 2.21. The topological polar surface area (TPSA) is 69.0 Å². The minimum Gasteiger partial charge on any atom is -0.466 e. The molecule has 32 heavy (non-hydrogen) atoms. The zero-order valence-electron chi connectivity index (χ0n) is 18.7. The average Bonchev–Trinajstić information content (AvgIpc) is 3.09. The number of esters is 1. The van der Waals surface area contributed by atoms with Gasteiger partial charge < -0.3 is 14.6 Å². The number of hydrogen-bond donors (Lipinski definition) is 1. The van der Waals surface area contributed by atoms with Crippen LogP contribution in [0.1, 0.15) is 29.8 Å². The third-order valence-electron chi connectivity index (χ3n) is 5.81. The van der Waals surface area contributed by atoms with Crippen LogP contribution in [0.4, 0.5) is 5.69 Å². The molecule has 3 heterocycles. The largest absolute Gasteiger partial charge is 0.466 e. The summed E-state index contributed by atoms with van der Waals surface area (Å²) >= 11 is 0. The van der Waals surface area contributed by atoms with E-state index in [2.05, 4.69) is 59.9 Å². The number of aryl methyl sites for hydroxylation is 1. The summed E-state index contributed by atoms with van der Waals surface area (Å²) in [6.45, 7) is 6.41. The van der Waals surface area contributed by atoms with Gasteiger partial charge in [0.1, 0.15) is 5.65 Å². The smallest absolute Gasteiger partial charge is 0.331 e. The Balaban J connectivity index is 1.94. The lowest BCUT2D eigenvalue weighted by molar-refractivity contribution is -0.134. The molecule has 0 aliphatic carbocycles. The van der Waals surface area contributed by atoms with Crippen LogP contribution in [0.3, 0.4) is 0 Å². The summed E-state index contributed by atoms with van der Waals surface area (Å²) in [6, 6.07) is 16.4. The minimum atomic E-state index is -0.416. The highest BCUT2D eigenvalue weighted by Crippen LogP contribution is 2.37. The number of benzene rings is 1. The number of carbonyl (C=O) groups is 1. The Labute approximate surface area is 187 Å². The van der Waals surface area contributed by atoms with Crippen LogP contribution in [0.5, 0.6) is 0 Å². The van der Waals surface area contributed by atoms with E-state index in [1.807, 2.05) is 24.3 Å². The maximum atomic E-state index is 11.6. The number of fused-ring (bicyclic) bond motifs is 1. The van der Waals surface area contributed by atoms with Gasteiger partial charge in [-0.25, -0.2) is 9.78 Å². The number of ether oxygens (including phenoxy) is 1. The van der Waals surface area contributed by atoms with Gasteiger partial charge >= 0.3 is 5.97 Å². The molecule has 0 spiro atoms. The van der Waals surface area contributed by atoms with Crippen LogP contribution in [-0.4, -0.2) is 27.6 Å². The number of nitrogens with zero attached hydrogens (tertiary/aromatic N) is 3. The molecular weight excluding hydrogens is 400 g/mol. The third-order valence-corrected chi connectivity index (χ3v) is 5.81. The molecule has 0 fully saturated rings. The van der Waals surface area contributed by atoms with E-state index in [4.69, 9.17) is 9.72 Å². The SMILES string of the molecule is COC(=O)/C=C\Nc1cc(-c2ccncc2)nc2c1c(C)c(C)n2[C@H](C)c1ccccc1. The van der Waals surface area contributed by atoms with E-state index in [0.29, 0.717) is 0 Å². The van der Waals surface area contributed by atoms with Gasteiger partial charge in [-0.3, -0.25) is 4.98 Å². The maximum Gasteiger partial charge on any atom is 0.331 e. The van der Waals surface area contributed by atoms with Crippen LogP contribution >= 0.6 is 0 Å². The van der Waals surface area contributed by atoms with E-state index in [-0.39, 0.29) is 6.04 Å². The normalized spacial score (nSPS) is 12.2. The number of pyridine rings is 2. The molecule has 0 bridgehead atoms. The number of methoxy groups -OCH3 is 1. The predicted molar refractivity (Wildman–Crippen MR) is 127 cm³/mol. The van der Waals surface area contributed by atoms with Crippen molar-refractivity contribution in [2.45, 2.75) is 26.8 Å². The second kappa shape index (κ2) is 9.06. The molecule has 0 aliphatic heterocycles. The van der Waals surface area contributed by atoms with Gasteiger partial charge in [0.15, 0.2) is 0 Å². The van der Waals surface area contributed by atoms with E-state index in [1.165, 1.54) is 18.7 Å². The van der Waals surface area contributed by atoms with Crippen LogP contribution in [0, 0.1) is 13.8 Å². The molecule has 3 aromatic heterocycles. The standard InChI is InChI=1S/C26H26N4O2/c1-17-18(2)30(19(3)20-8-6-5-7-9-20)26-25(17)23(28-15-12-24(31)32-4)16-22(29-26)21-10-13-27-14-11-21/h5-16,19H,1-4H3,(H,28,29)/b15-12-/t19-/m1/s1. The number of nitrogens with one attached hydrogen (secondary N) is 1. The molecule has 0 radical (unpaired) electrons. The summed E-state index contributed by atoms with van der Waals surface area (Å²) in [7, 11) is 1.36. The Morgan fingerprint density at radius 3 is 2.53 bits per heavy atom. The van der Waals surface area contributed by atoms with Crippen molar-refractivity contribution in [2.24, 2.45) is 0 Å². The van der Waals surface area contributed by atoms with E-state index in [0.717, 1.165) is 39.2 Å². The van der Waals surface area contributed by atoms with E-state index in [1.54, 1.807) is 18.6 Å². The fourth-order valence-corrected chi connectivity index (χ4v) is 4.00. The van der Waals surface area contributed by atoms with E-state index in [9.17, 15) is 4.79 Å². The first-order valence-corrected chi connectivity index (χ1v) is 10.5. The highest BCUT2D eigenvalue weighted by atomic mass is 16.5. The first-order valence-electron chi connectivity index (χ1n) is 10.5. The van der Waals surface area contributed by atoms with Gasteiger partial charge in [-0.2, -0.15) is 0 Å². The van der Waals surface area contributed by atoms with Crippen molar-refractivity contribution in [3.63, 3.8) is 0 Å². The van der Waals surface area contributed by atoms with Gasteiger partial charge in [0.05, 0.1) is 24.5 Å². The Morgan fingerprint density at radius 2 is 1.84 bits per heavy atom. The zero-order valence-corrected chi connectivity index (χ0v) is 18.7. The Hall–Kier alpha value is -3.93. The molecule has 1 atom stereocenters. The minimum absolute atomic E-state index is 0.103. The molecule has 162 valence electrons. The first kappa shape index (κ1) is 21.3. The summed E-state index contributed by atoms with van der Waals surface area (Å²) < 4.78 is 6.98. The van der Waals surface area contributed by atoms with Gasteiger partial charge in [-0.15, -0.1) is 0 Å². The second-order valence-electron chi connectivity index (χ2n) is 7.66. The zero-order chi connectivity index (χ0) is 22.7. The fourth-order valence-electron chi connectivity index (χ4n) is 4.00. The van der Waals surface area contributed by atoms with E-state index < -0.39 is 5.97 Å². The summed E-state index contributed by atoms with van der Waals surface area (Å²) in [6.07, 6.45) is 6.48. The van der Waals surface area contributed by atoms with Gasteiger partial charge in [-0.1, -0.05) is 30.3 Å². The quantitative estimate of drug-likeness (QED) is 0.329. The molecule has 6 heteroatoms. The maximum absolute atomic E-state index is 11.6. The van der Waals surface area contributed by atoms with Crippen molar-refractivity contribution in [1.29, 1.82) is 0 Å². The van der Waals surface area contributed by atoms with Crippen molar-refractivity contribution in [3.8, 4) is 11.3 Å². The molecule has 0 aliphatic rings. The molecule has 4 rings (SSSR count). The van der Waals surface area contributed by atoms with Crippen LogP contribution in [0.2, 0.25) is 0 Å². The molecule has 0 saturated heterocycles. The molecular formula is C26H26N4O2.